The number of nitrogens with one attached hydrogen (secondary N) is 5. The van der Waals surface area contributed by atoms with Crippen molar-refractivity contribution in [3.05, 3.63) is 0 Å². The Morgan fingerprint density at radius 3 is 1.40 bits per heavy atom. The molecule has 0 aliphatic rings. The summed E-state index contributed by atoms with van der Waals surface area (Å²) in [6.45, 7) is 5.84. The minimum atomic E-state index is -1.66. The van der Waals surface area contributed by atoms with E-state index in [1.165, 1.54) is 25.6 Å². The third-order valence-corrected chi connectivity index (χ3v) is 8.16. The van der Waals surface area contributed by atoms with E-state index in [1.54, 1.807) is 20.1 Å². The van der Waals surface area contributed by atoms with Gasteiger partial charge in [-0.15, -0.1) is 0 Å². The first-order valence-corrected chi connectivity index (χ1v) is 18.1. The second-order valence-electron chi connectivity index (χ2n) is 12.4. The molecule has 21 nitrogen and oxygen atoms in total. The van der Waals surface area contributed by atoms with Gasteiger partial charge in [0.1, 0.15) is 36.3 Å². The fourth-order valence-electron chi connectivity index (χ4n) is 4.50. The van der Waals surface area contributed by atoms with Crippen LogP contribution in [0.15, 0.2) is 9.98 Å². The van der Waals surface area contributed by atoms with E-state index in [4.69, 9.17) is 28.7 Å². The van der Waals surface area contributed by atoms with Gasteiger partial charge in [0.15, 0.2) is 11.9 Å². The zero-order valence-corrected chi connectivity index (χ0v) is 31.2. The van der Waals surface area contributed by atoms with E-state index >= 15 is 0 Å². The number of carbonyl (C=O) groups excluding carboxylic acids is 5. The number of nitrogens with two attached hydrogens (primary N) is 5. The van der Waals surface area contributed by atoms with Crippen LogP contribution in [-0.4, -0.2) is 136 Å². The molecule has 0 heterocycles. The van der Waals surface area contributed by atoms with Gasteiger partial charge in [0.05, 0.1) is 12.2 Å². The summed E-state index contributed by atoms with van der Waals surface area (Å²) in [5, 5.41) is 42.1. The number of carboxylic acid groups (broad SMARTS) is 1. The smallest absolute Gasteiger partial charge is 0.326 e. The van der Waals surface area contributed by atoms with Crippen molar-refractivity contribution in [3.8, 4) is 0 Å². The summed E-state index contributed by atoms with van der Waals surface area (Å²) >= 11 is 1.39. The predicted molar refractivity (Wildman–Crippen MR) is 196 cm³/mol. The molecule has 22 heteroatoms. The zero-order chi connectivity index (χ0) is 40.1. The van der Waals surface area contributed by atoms with Crippen LogP contribution in [0, 0.1) is 5.92 Å². The van der Waals surface area contributed by atoms with E-state index in [0.717, 1.165) is 0 Å². The Hall–Kier alpha value is -4.41. The van der Waals surface area contributed by atoms with Gasteiger partial charge in [0.2, 0.25) is 29.5 Å². The van der Waals surface area contributed by atoms with Crippen LogP contribution in [0.4, 0.5) is 0 Å². The molecule has 18 N–H and O–H groups in total. The van der Waals surface area contributed by atoms with Crippen molar-refractivity contribution in [2.75, 3.05) is 25.1 Å². The normalized spacial score (nSPS) is 15.6. The first-order chi connectivity index (χ1) is 24.2. The van der Waals surface area contributed by atoms with Gasteiger partial charge in [-0.3, -0.25) is 34.0 Å². The highest BCUT2D eigenvalue weighted by Crippen LogP contribution is 2.09. The van der Waals surface area contributed by atoms with Gasteiger partial charge in [0, 0.05) is 13.1 Å². The predicted octanol–water partition coefficient (Wildman–Crippen LogP) is -4.90. The molecular weight excluding hydrogens is 704 g/mol. The minimum Gasteiger partial charge on any atom is -0.480 e. The molecule has 0 saturated carbocycles. The minimum absolute atomic E-state index is 0.0510. The largest absolute Gasteiger partial charge is 0.480 e. The van der Waals surface area contributed by atoms with Crippen molar-refractivity contribution in [3.63, 3.8) is 0 Å². The molecular formula is C30H58N12O9S. The zero-order valence-electron chi connectivity index (χ0n) is 30.3. The van der Waals surface area contributed by atoms with Crippen molar-refractivity contribution >= 4 is 59.2 Å². The maximum atomic E-state index is 13.6. The van der Waals surface area contributed by atoms with Gasteiger partial charge >= 0.3 is 5.97 Å². The summed E-state index contributed by atoms with van der Waals surface area (Å²) in [4.78, 5) is 85.8. The number of amides is 5. The Kier molecular flexibility index (Phi) is 22.6. The average molecular weight is 763 g/mol. The monoisotopic (exact) mass is 762 g/mol. The molecule has 0 aromatic heterocycles. The highest BCUT2D eigenvalue weighted by molar-refractivity contribution is 7.98. The van der Waals surface area contributed by atoms with E-state index < -0.39 is 89.9 Å². The molecule has 298 valence electrons. The third kappa shape index (κ3) is 18.7. The summed E-state index contributed by atoms with van der Waals surface area (Å²) in [5.41, 5.74) is 27.2. The van der Waals surface area contributed by atoms with Crippen molar-refractivity contribution in [2.45, 2.75) is 108 Å². The number of thioether (sulfide) groups is 1. The van der Waals surface area contributed by atoms with Crippen molar-refractivity contribution in [1.82, 2.24) is 26.6 Å². The van der Waals surface area contributed by atoms with Crippen LogP contribution in [0.1, 0.15) is 59.8 Å². The van der Waals surface area contributed by atoms with Crippen molar-refractivity contribution in [2.24, 2.45) is 44.6 Å². The summed E-state index contributed by atoms with van der Waals surface area (Å²) in [6.07, 6.45) is -0.558. The molecule has 0 saturated heterocycles. The van der Waals surface area contributed by atoms with Gasteiger partial charge in [0.25, 0.3) is 0 Å². The molecule has 0 spiro atoms. The third-order valence-electron chi connectivity index (χ3n) is 7.52. The molecule has 0 unspecified atom stereocenters. The quantitative estimate of drug-likeness (QED) is 0.0235. The number of aliphatic carboxylic acids is 1. The number of aliphatic hydroxyl groups excluding tert-OH is 2. The van der Waals surface area contributed by atoms with E-state index in [2.05, 4.69) is 36.6 Å². The summed E-state index contributed by atoms with van der Waals surface area (Å²) in [7, 11) is 0. The molecule has 52 heavy (non-hydrogen) atoms. The lowest BCUT2D eigenvalue weighted by Crippen LogP contribution is -2.61. The topological polar surface area (TPSA) is 378 Å². The molecule has 0 fully saturated rings. The Morgan fingerprint density at radius 2 is 1.02 bits per heavy atom. The van der Waals surface area contributed by atoms with Crippen molar-refractivity contribution in [1.29, 1.82) is 0 Å². The van der Waals surface area contributed by atoms with Gasteiger partial charge < -0.3 is 70.6 Å². The summed E-state index contributed by atoms with van der Waals surface area (Å²) in [5.74, 6) is -6.08. The van der Waals surface area contributed by atoms with Gasteiger partial charge in [-0.25, -0.2) is 4.79 Å². The Labute approximate surface area is 307 Å². The number of aliphatic hydroxyl groups is 2. The van der Waals surface area contributed by atoms with Crippen LogP contribution in [0.3, 0.4) is 0 Å². The molecule has 0 bridgehead atoms. The van der Waals surface area contributed by atoms with Gasteiger partial charge in [-0.05, 0) is 63.9 Å². The van der Waals surface area contributed by atoms with E-state index in [-0.39, 0.29) is 57.1 Å². The SMILES string of the molecule is CSCC[C@H](NC(=O)[C@@H](N)[C@@H](C)O)C(=O)N[C@@H](CCCN=C(N)N)C(=O)N[C@H](C(=O)N[C@@H](CCCN=C(N)N)C(=O)N[C@H](C(=O)O)C(C)C)[C@H](C)O. The van der Waals surface area contributed by atoms with Crippen LogP contribution < -0.4 is 55.3 Å². The Bertz CT molecular complexity index is 1240. The summed E-state index contributed by atoms with van der Waals surface area (Å²) < 4.78 is 0. The van der Waals surface area contributed by atoms with E-state index in [0.29, 0.717) is 5.75 Å². The number of hydrogen-bond donors (Lipinski definition) is 13. The number of carboxylic acids is 1. The number of nitrogens with zero attached hydrogens (tertiary/aromatic N) is 2. The second-order valence-corrected chi connectivity index (χ2v) is 13.4. The fraction of sp³-hybridized carbons (Fsp3) is 0.733. The first kappa shape index (κ1) is 47.6. The maximum Gasteiger partial charge on any atom is 0.326 e. The fourth-order valence-corrected chi connectivity index (χ4v) is 4.97. The number of hydrogen-bond acceptors (Lipinski definition) is 12. The lowest BCUT2D eigenvalue weighted by Gasteiger charge is -2.28. The van der Waals surface area contributed by atoms with E-state index in [9.17, 15) is 44.1 Å². The van der Waals surface area contributed by atoms with Gasteiger partial charge in [-0.2, -0.15) is 11.8 Å². The number of rotatable bonds is 25. The molecule has 0 radical (unpaired) electrons. The molecule has 0 aromatic carbocycles. The standard InChI is InChI=1S/C30H58N12O9S/c1-14(2)21(28(50)51)41-24(46)18(9-7-12-37-30(34)35)40-27(49)22(16(4)44)42-25(47)17(8-6-11-36-29(32)33)38-23(45)19(10-13-52-5)39-26(48)20(31)15(3)43/h14-22,43-44H,6-13,31H2,1-5H3,(H,38,45)(H,39,48)(H,40,49)(H,41,46)(H,42,47)(H,50,51)(H4,32,33,36)(H4,34,35,37)/t15-,16+,17+,18+,19+,20+,21+,22+/m1/s1. The van der Waals surface area contributed by atoms with Crippen LogP contribution >= 0.6 is 11.8 Å². The summed E-state index contributed by atoms with van der Waals surface area (Å²) in [6, 6.07) is -8.10. The van der Waals surface area contributed by atoms with Crippen LogP contribution in [0.5, 0.6) is 0 Å². The highest BCUT2D eigenvalue weighted by atomic mass is 32.2. The number of guanidine groups is 2. The molecule has 0 rings (SSSR count). The van der Waals surface area contributed by atoms with Crippen molar-refractivity contribution < 1.29 is 44.1 Å². The lowest BCUT2D eigenvalue weighted by molar-refractivity contribution is -0.143. The molecule has 8 atom stereocenters. The lowest BCUT2D eigenvalue weighted by atomic mass is 10.0. The second kappa shape index (κ2) is 24.7. The van der Waals surface area contributed by atoms with Crippen LogP contribution in [0.2, 0.25) is 0 Å². The van der Waals surface area contributed by atoms with E-state index in [1.807, 2.05) is 0 Å². The maximum absolute atomic E-state index is 13.6. The van der Waals surface area contributed by atoms with Gasteiger partial charge in [-0.1, -0.05) is 13.8 Å². The Morgan fingerprint density at radius 1 is 0.615 bits per heavy atom. The molecule has 5 amide bonds. The highest BCUT2D eigenvalue weighted by Gasteiger charge is 2.35. The number of aliphatic imine (C=N–C) groups is 2. The van der Waals surface area contributed by atoms with Crippen LogP contribution in [-0.2, 0) is 28.8 Å². The average Bonchev–Trinajstić information content (AvgIpc) is 3.05. The first-order valence-electron chi connectivity index (χ1n) is 16.7. The molecule has 0 aliphatic carbocycles. The Balaban J connectivity index is 6.30. The molecule has 0 aromatic rings. The number of carbonyl (C=O) groups is 6. The van der Waals surface area contributed by atoms with Crippen LogP contribution in [0.25, 0.3) is 0 Å². The molecule has 0 aliphatic heterocycles.